The van der Waals surface area contributed by atoms with E-state index in [0.29, 0.717) is 19.4 Å². The summed E-state index contributed by atoms with van der Waals surface area (Å²) in [6, 6.07) is 0.0720. The van der Waals surface area contributed by atoms with Crippen molar-refractivity contribution in [1.82, 2.24) is 5.32 Å². The van der Waals surface area contributed by atoms with E-state index in [-0.39, 0.29) is 22.6 Å². The van der Waals surface area contributed by atoms with Gasteiger partial charge in [-0.3, -0.25) is 0 Å². The Balaban J connectivity index is 2.89. The predicted octanol–water partition coefficient (Wildman–Crippen LogP) is 2.53. The van der Waals surface area contributed by atoms with E-state index in [2.05, 4.69) is 19.2 Å². The molecule has 0 aromatic carbocycles. The minimum atomic E-state index is -3.14. The van der Waals surface area contributed by atoms with Crippen LogP contribution in [0.5, 0.6) is 0 Å². The molecule has 4 nitrogen and oxygen atoms in total. The van der Waals surface area contributed by atoms with Crippen molar-refractivity contribution < 1.29 is 13.2 Å². The van der Waals surface area contributed by atoms with Crippen LogP contribution in [-0.4, -0.2) is 44.2 Å². The van der Waals surface area contributed by atoms with Crippen molar-refractivity contribution in [2.75, 3.05) is 13.2 Å². The Morgan fingerprint density at radius 3 is 2.40 bits per heavy atom. The zero-order valence-electron chi connectivity index (χ0n) is 13.4. The van der Waals surface area contributed by atoms with Crippen LogP contribution in [0.4, 0.5) is 0 Å². The molecule has 1 rings (SSSR count). The fourth-order valence-corrected chi connectivity index (χ4v) is 5.82. The third-order valence-corrected chi connectivity index (χ3v) is 7.23. The topological polar surface area (TPSA) is 55.4 Å². The highest BCUT2D eigenvalue weighted by Gasteiger charge is 2.42. The normalized spacial score (nSPS) is 26.6. The van der Waals surface area contributed by atoms with Gasteiger partial charge in [0.05, 0.1) is 16.6 Å². The summed E-state index contributed by atoms with van der Waals surface area (Å²) in [5.41, 5.74) is 0. The Kier molecular flexibility index (Phi) is 7.48. The van der Waals surface area contributed by atoms with E-state index in [1.807, 2.05) is 13.8 Å². The van der Waals surface area contributed by atoms with Gasteiger partial charge in [-0.2, -0.15) is 0 Å². The summed E-state index contributed by atoms with van der Waals surface area (Å²) in [7, 11) is -3.14. The summed E-state index contributed by atoms with van der Waals surface area (Å²) in [4.78, 5) is 0. The van der Waals surface area contributed by atoms with Crippen LogP contribution in [0.25, 0.3) is 0 Å². The highest BCUT2D eigenvalue weighted by atomic mass is 32.2. The second-order valence-corrected chi connectivity index (χ2v) is 8.18. The number of ether oxygens (including phenoxy) is 1. The largest absolute Gasteiger partial charge is 0.377 e. The van der Waals surface area contributed by atoms with Crippen LogP contribution in [0.2, 0.25) is 0 Å². The van der Waals surface area contributed by atoms with Crippen LogP contribution in [0.15, 0.2) is 0 Å². The first-order valence-electron chi connectivity index (χ1n) is 8.06. The average Bonchev–Trinajstić information content (AvgIpc) is 2.83. The van der Waals surface area contributed by atoms with Gasteiger partial charge in [-0.25, -0.2) is 8.42 Å². The van der Waals surface area contributed by atoms with E-state index in [1.165, 1.54) is 0 Å². The molecule has 1 N–H and O–H groups in total. The van der Waals surface area contributed by atoms with Crippen molar-refractivity contribution in [2.45, 2.75) is 82.4 Å². The van der Waals surface area contributed by atoms with E-state index in [4.69, 9.17) is 4.74 Å². The fraction of sp³-hybridized carbons (Fsp3) is 1.00. The molecule has 0 aliphatic carbocycles. The highest BCUT2D eigenvalue weighted by molar-refractivity contribution is 7.92. The van der Waals surface area contributed by atoms with E-state index >= 15 is 0 Å². The lowest BCUT2D eigenvalue weighted by Crippen LogP contribution is -2.48. The average molecular weight is 305 g/mol. The third-order valence-electron chi connectivity index (χ3n) is 4.26. The molecule has 20 heavy (non-hydrogen) atoms. The molecule has 1 saturated heterocycles. The molecule has 0 aromatic heterocycles. The van der Waals surface area contributed by atoms with Gasteiger partial charge in [0.2, 0.25) is 0 Å². The van der Waals surface area contributed by atoms with Gasteiger partial charge in [0, 0.05) is 12.6 Å². The van der Waals surface area contributed by atoms with Crippen molar-refractivity contribution >= 4 is 9.84 Å². The molecule has 1 aliphatic heterocycles. The van der Waals surface area contributed by atoms with Gasteiger partial charge in [0.15, 0.2) is 9.84 Å². The van der Waals surface area contributed by atoms with Gasteiger partial charge < -0.3 is 10.1 Å². The first kappa shape index (κ1) is 17.9. The number of hydrogen-bond donors (Lipinski definition) is 1. The summed E-state index contributed by atoms with van der Waals surface area (Å²) < 4.78 is 31.3. The van der Waals surface area contributed by atoms with Crippen LogP contribution in [0.3, 0.4) is 0 Å². The zero-order chi connectivity index (χ0) is 15.2. The van der Waals surface area contributed by atoms with Crippen molar-refractivity contribution in [1.29, 1.82) is 0 Å². The van der Waals surface area contributed by atoms with E-state index in [0.717, 1.165) is 25.8 Å². The molecule has 1 heterocycles. The lowest BCUT2D eigenvalue weighted by molar-refractivity contribution is 0.126. The molecule has 0 spiro atoms. The Morgan fingerprint density at radius 1 is 1.25 bits per heavy atom. The maximum atomic E-state index is 12.9. The monoisotopic (exact) mass is 305 g/mol. The molecule has 4 unspecified atom stereocenters. The molecule has 1 fully saturated rings. The van der Waals surface area contributed by atoms with E-state index in [9.17, 15) is 8.42 Å². The molecule has 1 aliphatic rings. The second kappa shape index (κ2) is 8.35. The molecule has 4 atom stereocenters. The van der Waals surface area contributed by atoms with Crippen molar-refractivity contribution in [3.8, 4) is 0 Å². The molecule has 5 heteroatoms. The molecule has 0 bridgehead atoms. The first-order valence-corrected chi connectivity index (χ1v) is 9.67. The Morgan fingerprint density at radius 2 is 1.95 bits per heavy atom. The van der Waals surface area contributed by atoms with Crippen LogP contribution in [-0.2, 0) is 14.6 Å². The number of rotatable bonds is 9. The molecule has 0 radical (unpaired) electrons. The Labute approximate surface area is 124 Å². The number of sulfone groups is 1. The molecule has 0 amide bonds. The predicted molar refractivity (Wildman–Crippen MR) is 83.8 cm³/mol. The van der Waals surface area contributed by atoms with Crippen molar-refractivity contribution in [3.05, 3.63) is 0 Å². The zero-order valence-corrected chi connectivity index (χ0v) is 14.2. The summed E-state index contributed by atoms with van der Waals surface area (Å²) in [6.45, 7) is 9.55. The highest BCUT2D eigenvalue weighted by Crippen LogP contribution is 2.28. The maximum absolute atomic E-state index is 12.9. The number of nitrogens with one attached hydrogen (secondary N) is 1. The summed E-state index contributed by atoms with van der Waals surface area (Å²) in [5.74, 6) is 0. The lowest BCUT2D eigenvalue weighted by Gasteiger charge is -2.30. The summed E-state index contributed by atoms with van der Waals surface area (Å²) in [5, 5.41) is 2.83. The van der Waals surface area contributed by atoms with Gasteiger partial charge in [-0.1, -0.05) is 27.2 Å². The van der Waals surface area contributed by atoms with E-state index < -0.39 is 9.84 Å². The lowest BCUT2D eigenvalue weighted by atomic mass is 10.1. The molecule has 120 valence electrons. The molecule has 0 saturated carbocycles. The van der Waals surface area contributed by atoms with Crippen LogP contribution >= 0.6 is 0 Å². The quantitative estimate of drug-likeness (QED) is 0.711. The second-order valence-electron chi connectivity index (χ2n) is 5.79. The Bertz CT molecular complexity index is 369. The minimum Gasteiger partial charge on any atom is -0.377 e. The number of hydrogen-bond acceptors (Lipinski definition) is 4. The minimum absolute atomic E-state index is 0.0720. The maximum Gasteiger partial charge on any atom is 0.160 e. The summed E-state index contributed by atoms with van der Waals surface area (Å²) >= 11 is 0. The van der Waals surface area contributed by atoms with Crippen LogP contribution < -0.4 is 5.32 Å². The van der Waals surface area contributed by atoms with Crippen LogP contribution in [0.1, 0.15) is 59.8 Å². The van der Waals surface area contributed by atoms with Gasteiger partial charge in [-0.05, 0) is 39.2 Å². The third kappa shape index (κ3) is 4.18. The van der Waals surface area contributed by atoms with Gasteiger partial charge in [-0.15, -0.1) is 0 Å². The summed E-state index contributed by atoms with van der Waals surface area (Å²) in [6.07, 6.45) is 4.10. The molecular weight excluding hydrogens is 274 g/mol. The molecule has 0 aromatic rings. The fourth-order valence-electron chi connectivity index (χ4n) is 3.17. The standard InChI is InChI=1S/C15H31NO3S/c1-5-8-13(16-10-6-2)14(7-3)20(17,18)15-9-11-19-12(15)4/h12-16H,5-11H2,1-4H3. The molecular formula is C15H31NO3S. The van der Waals surface area contributed by atoms with Gasteiger partial charge in [0.25, 0.3) is 0 Å². The SMILES string of the molecule is CCCNC(CCC)C(CC)S(=O)(=O)C1CCOC1C. The van der Waals surface area contributed by atoms with Crippen molar-refractivity contribution in [2.24, 2.45) is 0 Å². The van der Waals surface area contributed by atoms with Crippen LogP contribution in [0, 0.1) is 0 Å². The Hall–Kier alpha value is -0.130. The van der Waals surface area contributed by atoms with Crippen molar-refractivity contribution in [3.63, 3.8) is 0 Å². The smallest absolute Gasteiger partial charge is 0.160 e. The first-order chi connectivity index (χ1) is 9.48. The van der Waals surface area contributed by atoms with Gasteiger partial charge >= 0.3 is 0 Å². The van der Waals surface area contributed by atoms with Gasteiger partial charge in [0.1, 0.15) is 0 Å². The van der Waals surface area contributed by atoms with E-state index in [1.54, 1.807) is 0 Å².